The summed E-state index contributed by atoms with van der Waals surface area (Å²) >= 11 is 0. The number of ether oxygens (including phenoxy) is 2. The van der Waals surface area contributed by atoms with Crippen molar-refractivity contribution in [2.75, 3.05) is 31.7 Å². The summed E-state index contributed by atoms with van der Waals surface area (Å²) in [5, 5.41) is 30.8. The molecule has 1 aromatic carbocycles. The van der Waals surface area contributed by atoms with Gasteiger partial charge in [0.25, 0.3) is 0 Å². The molecule has 0 bridgehead atoms. The maximum Gasteiger partial charge on any atom is 0.205 e. The fourth-order valence-electron chi connectivity index (χ4n) is 2.04. The van der Waals surface area contributed by atoms with E-state index >= 15 is 0 Å². The maximum absolute atomic E-state index is 10.1. The molecular weight excluding hydrogens is 242 g/mol. The van der Waals surface area contributed by atoms with Crippen molar-refractivity contribution in [2.45, 2.75) is 6.54 Å². The van der Waals surface area contributed by atoms with Crippen LogP contribution in [0, 0.1) is 0 Å². The molecule has 0 fully saturated rings. The van der Waals surface area contributed by atoms with Crippen LogP contribution in [0.25, 0.3) is 0 Å². The van der Waals surface area contributed by atoms with Crippen LogP contribution in [0.5, 0.6) is 17.2 Å². The van der Waals surface area contributed by atoms with Gasteiger partial charge in [0.15, 0.2) is 11.5 Å². The molecule has 1 heterocycles. The normalized spacial score (nSPS) is 15.4. The second kappa shape index (κ2) is 4.41. The first kappa shape index (κ1) is 12.6. The standard InChI is InChI=1S/C10H15N3O5/c1-17-9-6(11)7-5(8(14)10(9)18-2)3-12(15)4-13(7)16/h14-16H,3-4,11H2,1-2H3. The van der Waals surface area contributed by atoms with Gasteiger partial charge >= 0.3 is 0 Å². The monoisotopic (exact) mass is 257 g/mol. The Labute approximate surface area is 103 Å². The third kappa shape index (κ3) is 1.67. The molecule has 1 aliphatic heterocycles. The number of anilines is 2. The van der Waals surface area contributed by atoms with Crippen LogP contribution < -0.4 is 20.3 Å². The van der Waals surface area contributed by atoms with E-state index in [0.717, 1.165) is 10.1 Å². The number of hydrogen-bond acceptors (Lipinski definition) is 8. The summed E-state index contributed by atoms with van der Waals surface area (Å²) in [6, 6.07) is 0. The smallest absolute Gasteiger partial charge is 0.205 e. The lowest BCUT2D eigenvalue weighted by atomic mass is 10.1. The van der Waals surface area contributed by atoms with Gasteiger partial charge in [-0.2, -0.15) is 5.06 Å². The number of fused-ring (bicyclic) bond motifs is 1. The number of rotatable bonds is 2. The third-order valence-electron chi connectivity index (χ3n) is 2.80. The quantitative estimate of drug-likeness (QED) is 0.443. The number of hydroxylamine groups is 3. The van der Waals surface area contributed by atoms with Crippen LogP contribution in [-0.2, 0) is 6.54 Å². The lowest BCUT2D eigenvalue weighted by Gasteiger charge is -2.33. The van der Waals surface area contributed by atoms with Crippen molar-refractivity contribution in [2.24, 2.45) is 0 Å². The van der Waals surface area contributed by atoms with Gasteiger partial charge < -0.3 is 25.5 Å². The van der Waals surface area contributed by atoms with Gasteiger partial charge in [0.05, 0.1) is 20.8 Å². The van der Waals surface area contributed by atoms with Crippen molar-refractivity contribution in [3.05, 3.63) is 5.56 Å². The second-order valence-electron chi connectivity index (χ2n) is 3.86. The Morgan fingerprint density at radius 3 is 2.33 bits per heavy atom. The summed E-state index contributed by atoms with van der Waals surface area (Å²) < 4.78 is 10.1. The molecule has 18 heavy (non-hydrogen) atoms. The van der Waals surface area contributed by atoms with E-state index in [9.17, 15) is 15.5 Å². The number of phenols is 1. The van der Waals surface area contributed by atoms with Crippen molar-refractivity contribution >= 4 is 11.4 Å². The minimum atomic E-state index is -0.226. The topological polar surface area (TPSA) is 112 Å². The molecule has 0 spiro atoms. The molecule has 2 rings (SSSR count). The fraction of sp³-hybridized carbons (Fsp3) is 0.400. The Bertz CT molecular complexity index is 479. The number of nitrogens with zero attached hydrogens (tertiary/aromatic N) is 2. The summed E-state index contributed by atoms with van der Waals surface area (Å²) in [6.07, 6.45) is 0. The molecule has 1 aliphatic rings. The fourth-order valence-corrected chi connectivity index (χ4v) is 2.04. The van der Waals surface area contributed by atoms with Crippen LogP contribution >= 0.6 is 0 Å². The minimum Gasteiger partial charge on any atom is -0.504 e. The highest BCUT2D eigenvalue weighted by molar-refractivity contribution is 5.84. The number of phenolic OH excluding ortho intramolecular Hbond substituents is 1. The van der Waals surface area contributed by atoms with E-state index in [0.29, 0.717) is 0 Å². The van der Waals surface area contributed by atoms with Gasteiger partial charge in [-0.1, -0.05) is 0 Å². The third-order valence-corrected chi connectivity index (χ3v) is 2.80. The maximum atomic E-state index is 10.1. The van der Waals surface area contributed by atoms with Crippen molar-refractivity contribution in [1.82, 2.24) is 5.06 Å². The van der Waals surface area contributed by atoms with Gasteiger partial charge in [0, 0.05) is 5.56 Å². The van der Waals surface area contributed by atoms with E-state index in [1.165, 1.54) is 14.2 Å². The van der Waals surface area contributed by atoms with Crippen LogP contribution in [0.1, 0.15) is 5.56 Å². The van der Waals surface area contributed by atoms with Crippen LogP contribution in [0.3, 0.4) is 0 Å². The SMILES string of the molecule is COc1c(N)c2c(c(O)c1OC)CN(O)CN2O. The van der Waals surface area contributed by atoms with Gasteiger partial charge in [-0.15, -0.1) is 0 Å². The predicted molar refractivity (Wildman–Crippen MR) is 62.1 cm³/mol. The van der Waals surface area contributed by atoms with E-state index in [1.807, 2.05) is 0 Å². The molecule has 0 atom stereocenters. The molecule has 0 unspecified atom stereocenters. The first-order chi connectivity index (χ1) is 8.51. The van der Waals surface area contributed by atoms with E-state index in [-0.39, 0.29) is 47.4 Å². The zero-order valence-corrected chi connectivity index (χ0v) is 10.0. The number of nitrogens with two attached hydrogens (primary N) is 1. The molecular formula is C10H15N3O5. The van der Waals surface area contributed by atoms with Crippen LogP contribution in [0.15, 0.2) is 0 Å². The molecule has 1 aromatic rings. The van der Waals surface area contributed by atoms with Crippen molar-refractivity contribution < 1.29 is 25.0 Å². The lowest BCUT2D eigenvalue weighted by molar-refractivity contribution is -0.117. The highest BCUT2D eigenvalue weighted by atomic mass is 16.5. The zero-order chi connectivity index (χ0) is 13.4. The van der Waals surface area contributed by atoms with E-state index in [4.69, 9.17) is 15.2 Å². The Morgan fingerprint density at radius 1 is 1.17 bits per heavy atom. The summed E-state index contributed by atoms with van der Waals surface area (Å²) in [5.41, 5.74) is 6.48. The van der Waals surface area contributed by atoms with Gasteiger partial charge in [0.2, 0.25) is 5.75 Å². The summed E-state index contributed by atoms with van der Waals surface area (Å²) in [7, 11) is 2.74. The lowest BCUT2D eigenvalue weighted by Crippen LogP contribution is -2.39. The highest BCUT2D eigenvalue weighted by Crippen LogP contribution is 2.51. The molecule has 0 aromatic heterocycles. The average Bonchev–Trinajstić information content (AvgIpc) is 2.32. The Balaban J connectivity index is 2.72. The van der Waals surface area contributed by atoms with E-state index in [2.05, 4.69) is 0 Å². The molecule has 0 radical (unpaired) electrons. The van der Waals surface area contributed by atoms with Crippen molar-refractivity contribution in [3.8, 4) is 17.2 Å². The molecule has 8 nitrogen and oxygen atoms in total. The zero-order valence-electron chi connectivity index (χ0n) is 10.0. The number of benzene rings is 1. The molecule has 0 amide bonds. The van der Waals surface area contributed by atoms with Crippen LogP contribution in [-0.4, -0.2) is 41.5 Å². The number of aromatic hydroxyl groups is 1. The first-order valence-corrected chi connectivity index (χ1v) is 5.16. The van der Waals surface area contributed by atoms with E-state index in [1.54, 1.807) is 0 Å². The van der Waals surface area contributed by atoms with Crippen LogP contribution in [0.4, 0.5) is 11.4 Å². The summed E-state index contributed by atoms with van der Waals surface area (Å²) in [5.74, 6) is -0.0204. The highest BCUT2D eigenvalue weighted by Gasteiger charge is 2.31. The first-order valence-electron chi connectivity index (χ1n) is 5.16. The van der Waals surface area contributed by atoms with Gasteiger partial charge in [-0.05, 0) is 0 Å². The Kier molecular flexibility index (Phi) is 3.07. The van der Waals surface area contributed by atoms with Crippen LogP contribution in [0.2, 0.25) is 0 Å². The molecule has 5 N–H and O–H groups in total. The minimum absolute atomic E-state index is 0.0166. The molecule has 0 saturated carbocycles. The number of methoxy groups -OCH3 is 2. The van der Waals surface area contributed by atoms with E-state index < -0.39 is 0 Å². The van der Waals surface area contributed by atoms with Crippen molar-refractivity contribution in [3.63, 3.8) is 0 Å². The molecule has 0 saturated heterocycles. The van der Waals surface area contributed by atoms with Gasteiger partial charge in [0.1, 0.15) is 18.0 Å². The summed E-state index contributed by atoms with van der Waals surface area (Å²) in [4.78, 5) is 0. The number of nitrogen functional groups attached to an aromatic ring is 1. The van der Waals surface area contributed by atoms with Gasteiger partial charge in [-0.25, -0.2) is 5.06 Å². The molecule has 100 valence electrons. The molecule has 8 heteroatoms. The predicted octanol–water partition coefficient (Wildman–Crippen LogP) is 0.350. The Morgan fingerprint density at radius 2 is 1.78 bits per heavy atom. The van der Waals surface area contributed by atoms with Gasteiger partial charge in [-0.3, -0.25) is 5.21 Å². The largest absolute Gasteiger partial charge is 0.504 e. The second-order valence-corrected chi connectivity index (χ2v) is 3.86. The molecule has 0 aliphatic carbocycles. The summed E-state index contributed by atoms with van der Waals surface area (Å²) in [6.45, 7) is -0.130. The number of hydrogen-bond donors (Lipinski definition) is 4. The average molecular weight is 257 g/mol. The van der Waals surface area contributed by atoms with Crippen molar-refractivity contribution in [1.29, 1.82) is 0 Å². The Hall–Kier alpha value is -1.90.